The molecule has 1 amide bonds. The maximum Gasteiger partial charge on any atom is 0.219 e. The third kappa shape index (κ3) is 6.29. The number of nitrogens with one attached hydrogen (secondary N) is 2. The number of carbonyl (C=O) groups is 1. The van der Waals surface area contributed by atoms with Crippen LogP contribution < -0.4 is 10.6 Å². The fourth-order valence-corrected chi connectivity index (χ4v) is 2.87. The molecule has 144 valence electrons. The molecule has 0 unspecified atom stereocenters. The number of amides is 1. The van der Waals surface area contributed by atoms with Crippen LogP contribution in [0, 0.1) is 12.7 Å². The first kappa shape index (κ1) is 20.2. The zero-order chi connectivity index (χ0) is 18.9. The summed E-state index contributed by atoms with van der Waals surface area (Å²) in [6.45, 7) is 11.7. The fourth-order valence-electron chi connectivity index (χ4n) is 2.87. The van der Waals surface area contributed by atoms with Gasteiger partial charge in [-0.05, 0) is 31.0 Å². The molecule has 0 bridgehead atoms. The Morgan fingerprint density at radius 1 is 1.23 bits per heavy atom. The van der Waals surface area contributed by atoms with Crippen LogP contribution in [0.15, 0.2) is 23.2 Å². The minimum absolute atomic E-state index is 0.150. The molecule has 0 atom stereocenters. The number of aryl methyl sites for hydroxylation is 1. The molecule has 1 aliphatic rings. The minimum atomic E-state index is -0.194. The smallest absolute Gasteiger partial charge is 0.219 e. The van der Waals surface area contributed by atoms with E-state index in [4.69, 9.17) is 0 Å². The normalized spacial score (nSPS) is 15.8. The Kier molecular flexibility index (Phi) is 7.84. The molecule has 1 aliphatic heterocycles. The zero-order valence-corrected chi connectivity index (χ0v) is 16.0. The molecule has 0 radical (unpaired) electrons. The number of piperazine rings is 1. The predicted molar refractivity (Wildman–Crippen MR) is 103 cm³/mol. The summed E-state index contributed by atoms with van der Waals surface area (Å²) >= 11 is 0. The summed E-state index contributed by atoms with van der Waals surface area (Å²) in [5, 5.41) is 6.53. The Bertz CT molecular complexity index is 626. The van der Waals surface area contributed by atoms with Crippen LogP contribution in [0.1, 0.15) is 25.0 Å². The molecule has 0 aromatic heterocycles. The van der Waals surface area contributed by atoms with E-state index in [9.17, 15) is 9.18 Å². The van der Waals surface area contributed by atoms with Gasteiger partial charge in [-0.2, -0.15) is 0 Å². The molecule has 1 fully saturated rings. The summed E-state index contributed by atoms with van der Waals surface area (Å²) in [6.07, 6.45) is 0. The lowest BCUT2D eigenvalue weighted by atomic mass is 10.1. The Morgan fingerprint density at radius 3 is 2.58 bits per heavy atom. The molecule has 2 N–H and O–H groups in total. The van der Waals surface area contributed by atoms with E-state index in [1.54, 1.807) is 19.9 Å². The molecule has 1 aromatic carbocycles. The van der Waals surface area contributed by atoms with Crippen LogP contribution in [-0.4, -0.2) is 67.5 Å². The molecule has 7 heteroatoms. The number of guanidine groups is 1. The van der Waals surface area contributed by atoms with Gasteiger partial charge >= 0.3 is 0 Å². The lowest BCUT2D eigenvalue weighted by Crippen LogP contribution is -2.50. The monoisotopic (exact) mass is 363 g/mol. The van der Waals surface area contributed by atoms with Gasteiger partial charge in [0.15, 0.2) is 5.96 Å². The van der Waals surface area contributed by atoms with E-state index in [-0.39, 0.29) is 11.7 Å². The average Bonchev–Trinajstić information content (AvgIpc) is 2.63. The number of carbonyl (C=O) groups excluding carboxylic acids is 1. The van der Waals surface area contributed by atoms with Crippen molar-refractivity contribution in [2.75, 3.05) is 45.8 Å². The first-order valence-electron chi connectivity index (χ1n) is 9.24. The van der Waals surface area contributed by atoms with E-state index in [2.05, 4.69) is 20.5 Å². The maximum atomic E-state index is 13.6. The molecular formula is C19H30FN5O. The molecule has 1 saturated heterocycles. The van der Waals surface area contributed by atoms with Crippen LogP contribution in [0.4, 0.5) is 4.39 Å². The highest BCUT2D eigenvalue weighted by Gasteiger charge is 2.17. The van der Waals surface area contributed by atoms with Crippen molar-refractivity contribution >= 4 is 11.9 Å². The second-order valence-corrected chi connectivity index (χ2v) is 6.55. The number of halogens is 1. The Balaban J connectivity index is 1.78. The third-order valence-electron chi connectivity index (χ3n) is 4.54. The van der Waals surface area contributed by atoms with Gasteiger partial charge in [0.05, 0.1) is 6.54 Å². The SMILES string of the molecule is CCNC(=NCc1ccc(C)c(F)c1)NCCN1CCN(C(C)=O)CC1. The third-order valence-corrected chi connectivity index (χ3v) is 4.54. The fraction of sp³-hybridized carbons (Fsp3) is 0.579. The maximum absolute atomic E-state index is 13.6. The number of rotatable bonds is 6. The summed E-state index contributed by atoms with van der Waals surface area (Å²) in [4.78, 5) is 20.1. The number of benzene rings is 1. The van der Waals surface area contributed by atoms with Gasteiger partial charge in [0, 0.05) is 52.7 Å². The molecule has 26 heavy (non-hydrogen) atoms. The van der Waals surface area contributed by atoms with Gasteiger partial charge in [0.1, 0.15) is 5.82 Å². The Morgan fingerprint density at radius 2 is 1.96 bits per heavy atom. The van der Waals surface area contributed by atoms with E-state index in [1.165, 1.54) is 6.07 Å². The summed E-state index contributed by atoms with van der Waals surface area (Å²) in [6, 6.07) is 5.22. The second kappa shape index (κ2) is 10.1. The van der Waals surface area contributed by atoms with Crippen molar-refractivity contribution in [2.45, 2.75) is 27.3 Å². The van der Waals surface area contributed by atoms with Crippen molar-refractivity contribution < 1.29 is 9.18 Å². The highest BCUT2D eigenvalue weighted by Crippen LogP contribution is 2.10. The van der Waals surface area contributed by atoms with Crippen LogP contribution in [0.3, 0.4) is 0 Å². The second-order valence-electron chi connectivity index (χ2n) is 6.55. The predicted octanol–water partition coefficient (Wildman–Crippen LogP) is 1.35. The zero-order valence-electron chi connectivity index (χ0n) is 16.0. The average molecular weight is 363 g/mol. The quantitative estimate of drug-likeness (QED) is 0.592. The highest BCUT2D eigenvalue weighted by atomic mass is 19.1. The summed E-state index contributed by atoms with van der Waals surface area (Å²) in [7, 11) is 0. The van der Waals surface area contributed by atoms with Gasteiger partial charge in [-0.25, -0.2) is 9.38 Å². The van der Waals surface area contributed by atoms with Gasteiger partial charge in [0.25, 0.3) is 0 Å². The van der Waals surface area contributed by atoms with E-state index < -0.39 is 0 Å². The van der Waals surface area contributed by atoms with Crippen molar-refractivity contribution in [2.24, 2.45) is 4.99 Å². The molecule has 1 heterocycles. The molecule has 0 spiro atoms. The van der Waals surface area contributed by atoms with Gasteiger partial charge in [-0.15, -0.1) is 0 Å². The standard InChI is InChI=1S/C19H30FN5O/c1-4-21-19(23-14-17-6-5-15(2)18(20)13-17)22-7-8-24-9-11-25(12-10-24)16(3)26/h5-6,13H,4,7-12,14H2,1-3H3,(H2,21,22,23). The molecule has 6 nitrogen and oxygen atoms in total. The number of hydrogen-bond acceptors (Lipinski definition) is 3. The Labute approximate surface area is 155 Å². The topological polar surface area (TPSA) is 60.0 Å². The van der Waals surface area contributed by atoms with Crippen LogP contribution in [0.25, 0.3) is 0 Å². The van der Waals surface area contributed by atoms with Crippen LogP contribution >= 0.6 is 0 Å². The van der Waals surface area contributed by atoms with E-state index in [0.717, 1.165) is 57.3 Å². The molecular weight excluding hydrogens is 333 g/mol. The molecule has 0 saturated carbocycles. The molecule has 2 rings (SSSR count). The van der Waals surface area contributed by atoms with Gasteiger partial charge in [0.2, 0.25) is 5.91 Å². The summed E-state index contributed by atoms with van der Waals surface area (Å²) in [5.41, 5.74) is 1.50. The first-order chi connectivity index (χ1) is 12.5. The van der Waals surface area contributed by atoms with Crippen molar-refractivity contribution in [1.82, 2.24) is 20.4 Å². The van der Waals surface area contributed by atoms with Crippen LogP contribution in [-0.2, 0) is 11.3 Å². The minimum Gasteiger partial charge on any atom is -0.357 e. The molecule has 1 aromatic rings. The van der Waals surface area contributed by atoms with Gasteiger partial charge in [-0.1, -0.05) is 12.1 Å². The van der Waals surface area contributed by atoms with Crippen molar-refractivity contribution in [3.8, 4) is 0 Å². The van der Waals surface area contributed by atoms with Gasteiger partial charge in [-0.3, -0.25) is 9.69 Å². The highest BCUT2D eigenvalue weighted by molar-refractivity contribution is 5.79. The summed E-state index contributed by atoms with van der Waals surface area (Å²) < 4.78 is 13.6. The first-order valence-corrected chi connectivity index (χ1v) is 9.24. The number of hydrogen-bond donors (Lipinski definition) is 2. The van der Waals surface area contributed by atoms with Crippen LogP contribution in [0.2, 0.25) is 0 Å². The van der Waals surface area contributed by atoms with E-state index >= 15 is 0 Å². The largest absolute Gasteiger partial charge is 0.357 e. The van der Waals surface area contributed by atoms with Crippen LogP contribution in [0.5, 0.6) is 0 Å². The van der Waals surface area contributed by atoms with E-state index in [0.29, 0.717) is 12.1 Å². The van der Waals surface area contributed by atoms with Gasteiger partial charge < -0.3 is 15.5 Å². The molecule has 0 aliphatic carbocycles. The van der Waals surface area contributed by atoms with Crippen molar-refractivity contribution in [1.29, 1.82) is 0 Å². The lowest BCUT2D eigenvalue weighted by Gasteiger charge is -2.34. The van der Waals surface area contributed by atoms with Crippen molar-refractivity contribution in [3.05, 3.63) is 35.1 Å². The number of aliphatic imine (C=N–C) groups is 1. The lowest BCUT2D eigenvalue weighted by molar-refractivity contribution is -0.130. The van der Waals surface area contributed by atoms with Crippen molar-refractivity contribution in [3.63, 3.8) is 0 Å². The number of nitrogens with zero attached hydrogens (tertiary/aromatic N) is 3. The van der Waals surface area contributed by atoms with E-state index in [1.807, 2.05) is 17.9 Å². The Hall–Kier alpha value is -2.15. The summed E-state index contributed by atoms with van der Waals surface area (Å²) in [5.74, 6) is 0.688.